The first-order valence-electron chi connectivity index (χ1n) is 9.70. The summed E-state index contributed by atoms with van der Waals surface area (Å²) >= 11 is 0. The van der Waals surface area contributed by atoms with Gasteiger partial charge in [-0.15, -0.1) is 0 Å². The smallest absolute Gasteiger partial charge is 0.228 e. The summed E-state index contributed by atoms with van der Waals surface area (Å²) < 4.78 is 5.49. The highest BCUT2D eigenvalue weighted by molar-refractivity contribution is 6.01. The third-order valence-corrected chi connectivity index (χ3v) is 5.22. The highest BCUT2D eigenvalue weighted by atomic mass is 16.5. The minimum absolute atomic E-state index is 0.0427. The van der Waals surface area contributed by atoms with Gasteiger partial charge in [-0.05, 0) is 37.6 Å². The molecule has 0 aliphatic carbocycles. The number of rotatable bonds is 6. The van der Waals surface area contributed by atoms with Gasteiger partial charge >= 0.3 is 0 Å². The number of carbonyl (C=O) groups excluding carboxylic acids is 2. The molecular formula is C20H29N3O3. The lowest BCUT2D eigenvalue weighted by molar-refractivity contribution is -0.137. The fourth-order valence-electron chi connectivity index (χ4n) is 3.99. The van der Waals surface area contributed by atoms with E-state index in [4.69, 9.17) is 4.74 Å². The van der Waals surface area contributed by atoms with E-state index in [9.17, 15) is 9.59 Å². The Morgan fingerprint density at radius 3 is 2.50 bits per heavy atom. The van der Waals surface area contributed by atoms with Crippen LogP contribution in [-0.2, 0) is 9.59 Å². The fraction of sp³-hybridized carbons (Fsp3) is 0.600. The molecule has 2 aliphatic heterocycles. The van der Waals surface area contributed by atoms with Crippen molar-refractivity contribution >= 4 is 17.5 Å². The van der Waals surface area contributed by atoms with Gasteiger partial charge < -0.3 is 19.9 Å². The molecule has 1 aromatic carbocycles. The minimum atomic E-state index is -0.243. The van der Waals surface area contributed by atoms with Gasteiger partial charge in [0.15, 0.2) is 0 Å². The maximum atomic E-state index is 13.0. The summed E-state index contributed by atoms with van der Waals surface area (Å²) in [5.41, 5.74) is 0.854. The van der Waals surface area contributed by atoms with E-state index in [-0.39, 0.29) is 23.8 Å². The molecule has 2 aliphatic rings. The van der Waals surface area contributed by atoms with Gasteiger partial charge in [-0.1, -0.05) is 13.3 Å². The molecule has 0 radical (unpaired) electrons. The van der Waals surface area contributed by atoms with Crippen molar-refractivity contribution in [3.05, 3.63) is 24.3 Å². The number of nitrogens with one attached hydrogen (secondary N) is 1. The maximum absolute atomic E-state index is 13.0. The Morgan fingerprint density at radius 2 is 1.88 bits per heavy atom. The summed E-state index contributed by atoms with van der Waals surface area (Å²) in [5.74, 6) is 0.725. The molecule has 6 heteroatoms. The predicted molar refractivity (Wildman–Crippen MR) is 101 cm³/mol. The molecule has 2 atom stereocenters. The van der Waals surface area contributed by atoms with E-state index in [0.717, 1.165) is 50.5 Å². The summed E-state index contributed by atoms with van der Waals surface area (Å²) in [5, 5.41) is 3.27. The topological polar surface area (TPSA) is 61.9 Å². The van der Waals surface area contributed by atoms with Crippen LogP contribution in [-0.4, -0.2) is 55.5 Å². The van der Waals surface area contributed by atoms with E-state index in [0.29, 0.717) is 13.0 Å². The molecule has 0 aromatic heterocycles. The van der Waals surface area contributed by atoms with Gasteiger partial charge in [0, 0.05) is 44.3 Å². The predicted octanol–water partition coefficient (Wildman–Crippen LogP) is 2.04. The van der Waals surface area contributed by atoms with Gasteiger partial charge in [0.1, 0.15) is 5.75 Å². The number of nitrogens with zero attached hydrogens (tertiary/aromatic N) is 2. The number of hydrogen-bond acceptors (Lipinski definition) is 4. The Kier molecular flexibility index (Phi) is 6.14. The normalized spacial score (nSPS) is 23.4. The molecule has 26 heavy (non-hydrogen) atoms. The molecule has 2 saturated heterocycles. The zero-order chi connectivity index (χ0) is 18.5. The van der Waals surface area contributed by atoms with Crippen LogP contribution in [0.1, 0.15) is 33.1 Å². The van der Waals surface area contributed by atoms with Gasteiger partial charge in [-0.3, -0.25) is 9.59 Å². The van der Waals surface area contributed by atoms with Gasteiger partial charge in [-0.25, -0.2) is 0 Å². The number of carbonyl (C=O) groups is 2. The van der Waals surface area contributed by atoms with Crippen LogP contribution in [0.4, 0.5) is 5.69 Å². The SMILES string of the molecule is CCC[C@@H]1[C@H](C(=O)N2CCNCC2)CC(=O)N1c1ccc(OCC)cc1. The quantitative estimate of drug-likeness (QED) is 0.844. The van der Waals surface area contributed by atoms with E-state index in [2.05, 4.69) is 12.2 Å². The zero-order valence-corrected chi connectivity index (χ0v) is 15.7. The van der Waals surface area contributed by atoms with Crippen molar-refractivity contribution in [2.24, 2.45) is 5.92 Å². The Hall–Kier alpha value is -2.08. The number of ether oxygens (including phenoxy) is 1. The standard InChI is InChI=1S/C20H29N3O3/c1-3-5-18-17(20(25)22-12-10-21-11-13-22)14-19(24)23(18)15-6-8-16(9-7-15)26-4-2/h6-9,17-18,21H,3-5,10-14H2,1-2H3/t17-,18-/m1/s1. The number of anilines is 1. The van der Waals surface area contributed by atoms with E-state index < -0.39 is 0 Å². The third kappa shape index (κ3) is 3.85. The molecule has 1 aromatic rings. The Labute approximate surface area is 155 Å². The Bertz CT molecular complexity index is 626. The lowest BCUT2D eigenvalue weighted by atomic mass is 9.94. The van der Waals surface area contributed by atoms with Crippen LogP contribution in [0, 0.1) is 5.92 Å². The largest absolute Gasteiger partial charge is 0.494 e. The molecule has 1 N–H and O–H groups in total. The summed E-state index contributed by atoms with van der Waals surface area (Å²) in [7, 11) is 0. The van der Waals surface area contributed by atoms with Crippen molar-refractivity contribution < 1.29 is 14.3 Å². The number of hydrogen-bond donors (Lipinski definition) is 1. The van der Waals surface area contributed by atoms with Gasteiger partial charge in [0.2, 0.25) is 11.8 Å². The first kappa shape index (κ1) is 18.7. The van der Waals surface area contributed by atoms with Crippen LogP contribution < -0.4 is 15.0 Å². The van der Waals surface area contributed by atoms with Gasteiger partial charge in [0.25, 0.3) is 0 Å². The van der Waals surface area contributed by atoms with Crippen molar-refractivity contribution in [1.82, 2.24) is 10.2 Å². The van der Waals surface area contributed by atoms with Crippen LogP contribution in [0.15, 0.2) is 24.3 Å². The van der Waals surface area contributed by atoms with E-state index in [1.807, 2.05) is 41.0 Å². The average molecular weight is 359 g/mol. The van der Waals surface area contributed by atoms with E-state index in [1.54, 1.807) is 0 Å². The van der Waals surface area contributed by atoms with Crippen LogP contribution >= 0.6 is 0 Å². The summed E-state index contributed by atoms with van der Waals surface area (Å²) in [6.45, 7) is 7.77. The van der Waals surface area contributed by atoms with Crippen LogP contribution in [0.25, 0.3) is 0 Å². The van der Waals surface area contributed by atoms with Crippen LogP contribution in [0.2, 0.25) is 0 Å². The molecule has 2 fully saturated rings. The monoisotopic (exact) mass is 359 g/mol. The lowest BCUT2D eigenvalue weighted by Crippen LogP contribution is -2.50. The zero-order valence-electron chi connectivity index (χ0n) is 15.7. The molecule has 0 bridgehead atoms. The first-order valence-corrected chi connectivity index (χ1v) is 9.70. The summed E-state index contributed by atoms with van der Waals surface area (Å²) in [6.07, 6.45) is 2.08. The van der Waals surface area contributed by atoms with E-state index >= 15 is 0 Å². The van der Waals surface area contributed by atoms with Crippen molar-refractivity contribution in [3.8, 4) is 5.75 Å². The van der Waals surface area contributed by atoms with Crippen molar-refractivity contribution in [2.75, 3.05) is 37.7 Å². The van der Waals surface area contributed by atoms with Crippen molar-refractivity contribution in [2.45, 2.75) is 39.2 Å². The number of benzene rings is 1. The maximum Gasteiger partial charge on any atom is 0.228 e. The summed E-state index contributed by atoms with van der Waals surface area (Å²) in [6, 6.07) is 7.56. The highest BCUT2D eigenvalue weighted by Crippen LogP contribution is 2.35. The molecular weight excluding hydrogens is 330 g/mol. The second-order valence-corrected chi connectivity index (χ2v) is 6.93. The van der Waals surface area contributed by atoms with Crippen LogP contribution in [0.3, 0.4) is 0 Å². The van der Waals surface area contributed by atoms with Gasteiger partial charge in [0.05, 0.1) is 12.5 Å². The highest BCUT2D eigenvalue weighted by Gasteiger charge is 2.45. The number of piperazine rings is 1. The van der Waals surface area contributed by atoms with E-state index in [1.165, 1.54) is 0 Å². The van der Waals surface area contributed by atoms with Crippen LogP contribution in [0.5, 0.6) is 5.75 Å². The number of amides is 2. The van der Waals surface area contributed by atoms with Crippen molar-refractivity contribution in [3.63, 3.8) is 0 Å². The molecule has 0 spiro atoms. The Balaban J connectivity index is 1.80. The van der Waals surface area contributed by atoms with Crippen molar-refractivity contribution in [1.29, 1.82) is 0 Å². The average Bonchev–Trinajstić information content (AvgIpc) is 2.99. The molecule has 3 rings (SSSR count). The minimum Gasteiger partial charge on any atom is -0.494 e. The molecule has 0 saturated carbocycles. The molecule has 142 valence electrons. The fourth-order valence-corrected chi connectivity index (χ4v) is 3.99. The van der Waals surface area contributed by atoms with Gasteiger partial charge in [-0.2, -0.15) is 0 Å². The lowest BCUT2D eigenvalue weighted by Gasteiger charge is -2.33. The third-order valence-electron chi connectivity index (χ3n) is 5.22. The Morgan fingerprint density at radius 1 is 1.19 bits per heavy atom. The molecule has 6 nitrogen and oxygen atoms in total. The second kappa shape index (κ2) is 8.54. The first-order chi connectivity index (χ1) is 12.7. The second-order valence-electron chi connectivity index (χ2n) is 6.93. The molecule has 0 unspecified atom stereocenters. The summed E-state index contributed by atoms with van der Waals surface area (Å²) in [4.78, 5) is 29.6. The molecule has 2 amide bonds. The molecule has 2 heterocycles.